The zero-order chi connectivity index (χ0) is 14.7. The summed E-state index contributed by atoms with van der Waals surface area (Å²) in [5, 5.41) is 9.82. The maximum atomic E-state index is 13.4. The Morgan fingerprint density at radius 2 is 2.29 bits per heavy atom. The predicted molar refractivity (Wildman–Crippen MR) is 80.9 cm³/mol. The van der Waals surface area contributed by atoms with Crippen LogP contribution in [0.15, 0.2) is 30.8 Å². The lowest BCUT2D eigenvalue weighted by Gasteiger charge is -2.18. The van der Waals surface area contributed by atoms with Crippen LogP contribution in [0.4, 0.5) is 10.2 Å². The molecule has 3 rings (SSSR count). The second-order valence-corrected chi connectivity index (χ2v) is 5.73. The number of hydrogen-bond donors (Lipinski definition) is 1. The first-order valence-corrected chi connectivity index (χ1v) is 7.55. The molecule has 1 N–H and O–H groups in total. The maximum Gasteiger partial charge on any atom is 0.163 e. The van der Waals surface area contributed by atoms with E-state index in [2.05, 4.69) is 15.0 Å². The predicted octanol–water partition coefficient (Wildman–Crippen LogP) is 2.59. The number of thiazole rings is 1. The summed E-state index contributed by atoms with van der Waals surface area (Å²) >= 11 is 1.35. The highest BCUT2D eigenvalue weighted by Crippen LogP contribution is 2.27. The summed E-state index contributed by atoms with van der Waals surface area (Å²) in [6, 6.07) is 0. The SMILES string of the molecule is OCc1nc2c(N3/C=C/CC(F)/C=C/CC3)ncnc2s1. The Morgan fingerprint density at radius 1 is 1.38 bits per heavy atom. The molecule has 0 saturated heterocycles. The van der Waals surface area contributed by atoms with Crippen molar-refractivity contribution in [3.63, 3.8) is 0 Å². The first-order valence-electron chi connectivity index (χ1n) is 6.73. The summed E-state index contributed by atoms with van der Waals surface area (Å²) in [5.74, 6) is 0.693. The minimum atomic E-state index is -0.938. The summed E-state index contributed by atoms with van der Waals surface area (Å²) in [7, 11) is 0. The standard InChI is InChI=1S/C14H15FN4OS/c15-10-4-1-2-6-19(7-3-5-10)13-12-14(17-9-16-13)21-11(8-20)18-12/h1,3-4,7,9-10,20H,2,5-6,8H2/b4-1+,7-3+. The smallest absolute Gasteiger partial charge is 0.163 e. The number of aliphatic hydroxyl groups excluding tert-OH is 1. The molecule has 0 aliphatic carbocycles. The van der Waals surface area contributed by atoms with Crippen LogP contribution in [0.2, 0.25) is 0 Å². The van der Waals surface area contributed by atoms with Crippen LogP contribution in [0.3, 0.4) is 0 Å². The van der Waals surface area contributed by atoms with Crippen molar-refractivity contribution in [3.8, 4) is 0 Å². The minimum absolute atomic E-state index is 0.109. The number of anilines is 1. The largest absolute Gasteiger partial charge is 0.389 e. The topological polar surface area (TPSA) is 62.1 Å². The molecule has 0 spiro atoms. The molecule has 2 aromatic rings. The van der Waals surface area contributed by atoms with Gasteiger partial charge in [0.05, 0.1) is 6.61 Å². The highest BCUT2D eigenvalue weighted by atomic mass is 32.1. The molecule has 1 unspecified atom stereocenters. The number of allylic oxidation sites excluding steroid dienone is 2. The molecule has 1 aliphatic heterocycles. The van der Waals surface area contributed by atoms with Gasteiger partial charge >= 0.3 is 0 Å². The molecule has 5 nitrogen and oxygen atoms in total. The van der Waals surface area contributed by atoms with Crippen LogP contribution in [0.5, 0.6) is 0 Å². The molecule has 110 valence electrons. The van der Waals surface area contributed by atoms with Gasteiger partial charge in [0.1, 0.15) is 27.9 Å². The fourth-order valence-corrected chi connectivity index (χ4v) is 2.93. The molecule has 3 heterocycles. The Morgan fingerprint density at radius 3 is 3.14 bits per heavy atom. The minimum Gasteiger partial charge on any atom is -0.389 e. The molecular formula is C14H15FN4OS. The second-order valence-electron chi connectivity index (χ2n) is 4.66. The Labute approximate surface area is 125 Å². The van der Waals surface area contributed by atoms with Crippen molar-refractivity contribution < 1.29 is 9.50 Å². The summed E-state index contributed by atoms with van der Waals surface area (Å²) < 4.78 is 13.4. The Balaban J connectivity index is 1.98. The first kappa shape index (κ1) is 14.1. The van der Waals surface area contributed by atoms with Gasteiger partial charge < -0.3 is 10.0 Å². The lowest BCUT2D eigenvalue weighted by atomic mass is 10.2. The molecule has 0 bridgehead atoms. The maximum absolute atomic E-state index is 13.4. The molecule has 0 amide bonds. The third-order valence-corrected chi connectivity index (χ3v) is 4.10. The number of alkyl halides is 1. The van der Waals surface area contributed by atoms with E-state index in [1.165, 1.54) is 17.7 Å². The monoisotopic (exact) mass is 306 g/mol. The van der Waals surface area contributed by atoms with E-state index in [4.69, 9.17) is 0 Å². The fraction of sp³-hybridized carbons (Fsp3) is 0.357. The van der Waals surface area contributed by atoms with Crippen molar-refractivity contribution in [2.45, 2.75) is 25.6 Å². The first-order chi connectivity index (χ1) is 10.3. The van der Waals surface area contributed by atoms with E-state index in [1.807, 2.05) is 17.2 Å². The molecule has 21 heavy (non-hydrogen) atoms. The fourth-order valence-electron chi connectivity index (χ4n) is 2.17. The van der Waals surface area contributed by atoms with Crippen LogP contribution in [0.25, 0.3) is 10.3 Å². The van der Waals surface area contributed by atoms with E-state index >= 15 is 0 Å². The van der Waals surface area contributed by atoms with Gasteiger partial charge in [-0.05, 0) is 6.42 Å². The van der Waals surface area contributed by atoms with Gasteiger partial charge in [0, 0.05) is 19.2 Å². The molecule has 0 radical (unpaired) electrons. The van der Waals surface area contributed by atoms with Crippen molar-refractivity contribution in [2.24, 2.45) is 0 Å². The van der Waals surface area contributed by atoms with Gasteiger partial charge in [-0.2, -0.15) is 0 Å². The Kier molecular flexibility index (Phi) is 4.21. The zero-order valence-electron chi connectivity index (χ0n) is 11.3. The van der Waals surface area contributed by atoms with Crippen molar-refractivity contribution in [2.75, 3.05) is 11.4 Å². The van der Waals surface area contributed by atoms with Crippen LogP contribution in [0, 0.1) is 0 Å². The second kappa shape index (κ2) is 6.28. The normalized spacial score (nSPS) is 22.6. The number of fused-ring (bicyclic) bond motifs is 1. The number of aliphatic hydroxyl groups is 1. The van der Waals surface area contributed by atoms with Gasteiger partial charge in [-0.25, -0.2) is 19.3 Å². The van der Waals surface area contributed by atoms with Gasteiger partial charge in [-0.1, -0.05) is 29.6 Å². The number of nitrogens with zero attached hydrogens (tertiary/aromatic N) is 4. The summed E-state index contributed by atoms with van der Waals surface area (Å²) in [6.07, 6.45) is 8.72. The van der Waals surface area contributed by atoms with Crippen molar-refractivity contribution >= 4 is 27.5 Å². The third-order valence-electron chi connectivity index (χ3n) is 3.16. The molecule has 0 saturated carbocycles. The molecule has 1 atom stereocenters. The highest BCUT2D eigenvalue weighted by molar-refractivity contribution is 7.18. The van der Waals surface area contributed by atoms with Gasteiger partial charge in [-0.15, -0.1) is 0 Å². The van der Waals surface area contributed by atoms with Crippen LogP contribution in [-0.2, 0) is 6.61 Å². The Bertz CT molecular complexity index is 685. The lowest BCUT2D eigenvalue weighted by Crippen LogP contribution is -2.18. The highest BCUT2D eigenvalue weighted by Gasteiger charge is 2.15. The quantitative estimate of drug-likeness (QED) is 0.864. The van der Waals surface area contributed by atoms with Crippen molar-refractivity contribution in [3.05, 3.63) is 35.8 Å². The van der Waals surface area contributed by atoms with Gasteiger partial charge in [0.25, 0.3) is 0 Å². The number of rotatable bonds is 2. The third kappa shape index (κ3) is 3.08. The zero-order valence-corrected chi connectivity index (χ0v) is 12.1. The number of hydrogen-bond acceptors (Lipinski definition) is 6. The lowest BCUT2D eigenvalue weighted by molar-refractivity contribution is 0.281. The van der Waals surface area contributed by atoms with E-state index in [0.717, 1.165) is 11.3 Å². The van der Waals surface area contributed by atoms with Crippen LogP contribution in [-0.4, -0.2) is 32.8 Å². The van der Waals surface area contributed by atoms with Crippen LogP contribution >= 0.6 is 11.3 Å². The van der Waals surface area contributed by atoms with Crippen molar-refractivity contribution in [1.29, 1.82) is 0 Å². The summed E-state index contributed by atoms with van der Waals surface area (Å²) in [4.78, 5) is 15.6. The molecule has 7 heteroatoms. The van der Waals surface area contributed by atoms with E-state index in [0.29, 0.717) is 29.3 Å². The molecular weight excluding hydrogens is 291 g/mol. The average molecular weight is 306 g/mol. The van der Waals surface area contributed by atoms with Gasteiger partial charge in [-0.3, -0.25) is 0 Å². The van der Waals surface area contributed by atoms with E-state index in [9.17, 15) is 9.50 Å². The van der Waals surface area contributed by atoms with Crippen molar-refractivity contribution in [1.82, 2.24) is 15.0 Å². The van der Waals surface area contributed by atoms with E-state index in [1.54, 1.807) is 12.2 Å². The van der Waals surface area contributed by atoms with Crippen LogP contribution < -0.4 is 4.90 Å². The van der Waals surface area contributed by atoms with E-state index < -0.39 is 6.17 Å². The van der Waals surface area contributed by atoms with E-state index in [-0.39, 0.29) is 6.61 Å². The Hall–Kier alpha value is -1.86. The van der Waals surface area contributed by atoms with Gasteiger partial charge in [0.15, 0.2) is 5.82 Å². The number of aromatic nitrogens is 3. The molecule has 0 fully saturated rings. The molecule has 2 aromatic heterocycles. The average Bonchev–Trinajstić information content (AvgIpc) is 2.95. The molecule has 0 aromatic carbocycles. The molecule has 1 aliphatic rings. The van der Waals surface area contributed by atoms with Crippen LogP contribution in [0.1, 0.15) is 17.8 Å². The summed E-state index contributed by atoms with van der Waals surface area (Å²) in [6.45, 7) is 0.584. The number of halogens is 1. The summed E-state index contributed by atoms with van der Waals surface area (Å²) in [5.41, 5.74) is 0.677. The van der Waals surface area contributed by atoms with Gasteiger partial charge in [0.2, 0.25) is 0 Å².